The van der Waals surface area contributed by atoms with Crippen LogP contribution in [0.5, 0.6) is 0 Å². The molecule has 1 amide bonds. The van der Waals surface area contributed by atoms with Crippen LogP contribution in [0, 0.1) is 10.1 Å². The van der Waals surface area contributed by atoms with Crippen molar-refractivity contribution >= 4 is 28.2 Å². The summed E-state index contributed by atoms with van der Waals surface area (Å²) < 4.78 is 0. The van der Waals surface area contributed by atoms with Gasteiger partial charge in [-0.15, -0.1) is 0 Å². The van der Waals surface area contributed by atoms with Crippen molar-refractivity contribution in [2.24, 2.45) is 0 Å². The molecule has 23 heavy (non-hydrogen) atoms. The number of likely N-dealkylation sites (tertiary alicyclic amines) is 1. The van der Waals surface area contributed by atoms with Gasteiger partial charge in [0.25, 0.3) is 11.2 Å². The molecule has 9 nitrogen and oxygen atoms in total. The third-order valence-electron chi connectivity index (χ3n) is 3.84. The Balaban J connectivity index is 1.89. The molecule has 0 bridgehead atoms. The Bertz CT molecular complexity index is 826. The summed E-state index contributed by atoms with van der Waals surface area (Å²) in [5.74, 6) is -0.101. The van der Waals surface area contributed by atoms with Crippen LogP contribution in [0.3, 0.4) is 0 Å². The fraction of sp³-hybridized carbons (Fsp3) is 0.357. The minimum absolute atomic E-state index is 0.0322. The minimum atomic E-state index is -0.589. The number of nitro groups is 1. The van der Waals surface area contributed by atoms with Gasteiger partial charge in [-0.25, -0.2) is 4.98 Å². The molecular weight excluding hydrogens is 302 g/mol. The van der Waals surface area contributed by atoms with Crippen LogP contribution in [0.15, 0.2) is 23.3 Å². The maximum atomic E-state index is 12.0. The molecule has 3 rings (SSSR count). The number of carbonyl (C=O) groups excluding carboxylic acids is 1. The summed E-state index contributed by atoms with van der Waals surface area (Å²) in [6.07, 6.45) is 3.19. The summed E-state index contributed by atoms with van der Waals surface area (Å²) in [4.78, 5) is 42.5. The Morgan fingerprint density at radius 2 is 2.13 bits per heavy atom. The predicted octanol–water partition coefficient (Wildman–Crippen LogP) is 0.866. The van der Waals surface area contributed by atoms with Crippen LogP contribution >= 0.6 is 0 Å². The summed E-state index contributed by atoms with van der Waals surface area (Å²) >= 11 is 0. The Morgan fingerprint density at radius 3 is 2.83 bits per heavy atom. The number of aromatic nitrogens is 2. The van der Waals surface area contributed by atoms with Crippen molar-refractivity contribution in [2.45, 2.75) is 12.8 Å². The van der Waals surface area contributed by atoms with Crippen LogP contribution in [0.2, 0.25) is 0 Å². The molecule has 1 aliphatic rings. The van der Waals surface area contributed by atoms with E-state index in [1.807, 2.05) is 0 Å². The summed E-state index contributed by atoms with van der Waals surface area (Å²) in [6, 6.07) is 2.59. The number of hydrogen-bond acceptors (Lipinski definition) is 6. The van der Waals surface area contributed by atoms with Gasteiger partial charge in [-0.05, 0) is 18.9 Å². The lowest BCUT2D eigenvalue weighted by Crippen LogP contribution is -2.33. The van der Waals surface area contributed by atoms with Crippen LogP contribution in [-0.2, 0) is 4.79 Å². The molecule has 0 unspecified atom stereocenters. The van der Waals surface area contributed by atoms with E-state index in [-0.39, 0.29) is 29.2 Å². The number of amides is 1. The molecule has 2 aromatic rings. The Hall–Kier alpha value is -2.97. The topological polar surface area (TPSA) is 121 Å². The van der Waals surface area contributed by atoms with E-state index in [1.165, 1.54) is 18.5 Å². The lowest BCUT2D eigenvalue weighted by molar-refractivity contribution is -0.383. The van der Waals surface area contributed by atoms with Gasteiger partial charge in [0, 0.05) is 19.2 Å². The number of hydrogen-bond donors (Lipinski definition) is 2. The molecule has 1 aromatic heterocycles. The molecule has 1 fully saturated rings. The van der Waals surface area contributed by atoms with E-state index in [1.54, 1.807) is 4.90 Å². The molecule has 1 aromatic carbocycles. The highest BCUT2D eigenvalue weighted by Crippen LogP contribution is 2.27. The average molecular weight is 317 g/mol. The lowest BCUT2D eigenvalue weighted by atomic mass is 10.2. The molecule has 0 radical (unpaired) electrons. The average Bonchev–Trinajstić information content (AvgIpc) is 3.06. The van der Waals surface area contributed by atoms with Gasteiger partial charge in [0.15, 0.2) is 0 Å². The minimum Gasteiger partial charge on any atom is -0.370 e. The number of benzene rings is 1. The molecule has 0 aliphatic carbocycles. The van der Waals surface area contributed by atoms with E-state index in [9.17, 15) is 19.7 Å². The normalized spacial score (nSPS) is 14.2. The molecule has 120 valence electrons. The maximum Gasteiger partial charge on any atom is 0.293 e. The number of nitro benzene ring substituents is 1. The Kier molecular flexibility index (Phi) is 3.92. The van der Waals surface area contributed by atoms with Gasteiger partial charge in [0.2, 0.25) is 5.91 Å². The molecule has 0 atom stereocenters. The van der Waals surface area contributed by atoms with Gasteiger partial charge >= 0.3 is 0 Å². The number of anilines is 1. The van der Waals surface area contributed by atoms with Crippen molar-refractivity contribution in [1.82, 2.24) is 14.9 Å². The second-order valence-corrected chi connectivity index (χ2v) is 5.32. The van der Waals surface area contributed by atoms with E-state index < -0.39 is 10.5 Å². The molecule has 0 spiro atoms. The van der Waals surface area contributed by atoms with E-state index in [0.717, 1.165) is 25.9 Å². The summed E-state index contributed by atoms with van der Waals surface area (Å²) in [6.45, 7) is 1.41. The fourth-order valence-electron chi connectivity index (χ4n) is 2.65. The quantitative estimate of drug-likeness (QED) is 0.637. The standard InChI is InChI=1S/C14H15N5O4/c20-13(18-3-1-2-4-18)7-15-11-6-10-9(5-12(11)19(22)23)14(21)17-8-16-10/h5-6,8,15H,1-4,7H2,(H,16,17,21). The van der Waals surface area contributed by atoms with Crippen molar-refractivity contribution in [3.8, 4) is 0 Å². The number of aromatic amines is 1. The highest BCUT2D eigenvalue weighted by Gasteiger charge is 2.21. The number of rotatable bonds is 4. The van der Waals surface area contributed by atoms with Gasteiger partial charge < -0.3 is 15.2 Å². The monoisotopic (exact) mass is 317 g/mol. The first kappa shape index (κ1) is 14.9. The number of fused-ring (bicyclic) bond motifs is 1. The first-order valence-corrected chi connectivity index (χ1v) is 7.24. The van der Waals surface area contributed by atoms with Crippen molar-refractivity contribution in [2.75, 3.05) is 25.0 Å². The number of nitrogens with one attached hydrogen (secondary N) is 2. The molecule has 0 saturated carbocycles. The van der Waals surface area contributed by atoms with Crippen LogP contribution in [0.1, 0.15) is 12.8 Å². The van der Waals surface area contributed by atoms with Gasteiger partial charge in [-0.1, -0.05) is 0 Å². The molecule has 1 aliphatic heterocycles. The van der Waals surface area contributed by atoms with Crippen molar-refractivity contribution in [3.63, 3.8) is 0 Å². The van der Waals surface area contributed by atoms with Gasteiger partial charge in [-0.2, -0.15) is 0 Å². The first-order valence-electron chi connectivity index (χ1n) is 7.24. The van der Waals surface area contributed by atoms with E-state index in [4.69, 9.17) is 0 Å². The van der Waals surface area contributed by atoms with E-state index in [2.05, 4.69) is 15.3 Å². The third kappa shape index (κ3) is 2.98. The SMILES string of the molecule is O=C(CNc1cc2nc[nH]c(=O)c2cc1[N+](=O)[O-])N1CCCC1. The van der Waals surface area contributed by atoms with Crippen LogP contribution in [-0.4, -0.2) is 45.3 Å². The molecule has 2 heterocycles. The third-order valence-corrected chi connectivity index (χ3v) is 3.84. The van der Waals surface area contributed by atoms with E-state index in [0.29, 0.717) is 5.52 Å². The second-order valence-electron chi connectivity index (χ2n) is 5.32. The number of H-pyrrole nitrogens is 1. The van der Waals surface area contributed by atoms with Crippen LogP contribution in [0.4, 0.5) is 11.4 Å². The zero-order chi connectivity index (χ0) is 16.4. The maximum absolute atomic E-state index is 12.0. The Labute approximate surface area is 130 Å². The summed E-state index contributed by atoms with van der Waals surface area (Å²) in [5.41, 5.74) is -0.202. The van der Waals surface area contributed by atoms with Crippen LogP contribution < -0.4 is 10.9 Å². The smallest absolute Gasteiger partial charge is 0.293 e. The van der Waals surface area contributed by atoms with E-state index >= 15 is 0 Å². The second kappa shape index (κ2) is 6.03. The largest absolute Gasteiger partial charge is 0.370 e. The number of carbonyl (C=O) groups is 1. The molecular formula is C14H15N5O4. The molecule has 9 heteroatoms. The first-order chi connectivity index (χ1) is 11.1. The van der Waals surface area contributed by atoms with Crippen molar-refractivity contribution in [3.05, 3.63) is 38.9 Å². The highest BCUT2D eigenvalue weighted by atomic mass is 16.6. The predicted molar refractivity (Wildman–Crippen MR) is 83.3 cm³/mol. The zero-order valence-corrected chi connectivity index (χ0v) is 12.2. The highest BCUT2D eigenvalue weighted by molar-refractivity contribution is 5.88. The number of nitrogens with zero attached hydrogens (tertiary/aromatic N) is 3. The van der Waals surface area contributed by atoms with Gasteiger partial charge in [0.05, 0.1) is 28.7 Å². The summed E-state index contributed by atoms with van der Waals surface area (Å²) in [7, 11) is 0. The van der Waals surface area contributed by atoms with Gasteiger partial charge in [0.1, 0.15) is 5.69 Å². The Morgan fingerprint density at radius 1 is 1.39 bits per heavy atom. The van der Waals surface area contributed by atoms with Crippen molar-refractivity contribution in [1.29, 1.82) is 0 Å². The van der Waals surface area contributed by atoms with Crippen molar-refractivity contribution < 1.29 is 9.72 Å². The molecule has 1 saturated heterocycles. The lowest BCUT2D eigenvalue weighted by Gasteiger charge is -2.16. The zero-order valence-electron chi connectivity index (χ0n) is 12.2. The molecule has 2 N–H and O–H groups in total. The van der Waals surface area contributed by atoms with Crippen LogP contribution in [0.25, 0.3) is 10.9 Å². The summed E-state index contributed by atoms with van der Waals surface area (Å²) in [5, 5.41) is 14.1. The fourth-order valence-corrected chi connectivity index (χ4v) is 2.65. The van der Waals surface area contributed by atoms with Gasteiger partial charge in [-0.3, -0.25) is 19.7 Å².